The van der Waals surface area contributed by atoms with E-state index in [4.69, 9.17) is 9.47 Å². The maximum absolute atomic E-state index is 12.2. The van der Waals surface area contributed by atoms with E-state index in [0.717, 1.165) is 49.7 Å². The molecule has 1 saturated heterocycles. The van der Waals surface area contributed by atoms with Crippen LogP contribution in [0.1, 0.15) is 21.5 Å². The zero-order chi connectivity index (χ0) is 18.4. The van der Waals surface area contributed by atoms with Crippen molar-refractivity contribution < 1.29 is 24.3 Å². The summed E-state index contributed by atoms with van der Waals surface area (Å²) in [5, 5.41) is 11.1. The first-order valence-electron chi connectivity index (χ1n) is 8.73. The molecule has 2 aromatic rings. The Hall–Kier alpha value is -2.63. The second-order valence-electron chi connectivity index (χ2n) is 6.33. The minimum atomic E-state index is -0.124. The van der Waals surface area contributed by atoms with Crippen molar-refractivity contribution in [1.82, 2.24) is 0 Å². The van der Waals surface area contributed by atoms with E-state index in [1.165, 1.54) is 23.1 Å². The maximum atomic E-state index is 12.2. The van der Waals surface area contributed by atoms with Crippen LogP contribution in [0.2, 0.25) is 0 Å². The molecule has 1 fully saturated rings. The fraction of sp³-hybridized carbons (Fsp3) is 0.286. The first-order valence-corrected chi connectivity index (χ1v) is 8.73. The quantitative estimate of drug-likeness (QED) is 0.624. The van der Waals surface area contributed by atoms with Crippen molar-refractivity contribution in [3.8, 4) is 11.5 Å². The van der Waals surface area contributed by atoms with Crippen molar-refractivity contribution in [3.63, 3.8) is 0 Å². The predicted molar refractivity (Wildman–Crippen MR) is 97.5 cm³/mol. The van der Waals surface area contributed by atoms with Gasteiger partial charge in [0, 0.05) is 11.1 Å². The summed E-state index contributed by atoms with van der Waals surface area (Å²) >= 11 is 0. The van der Waals surface area contributed by atoms with Gasteiger partial charge < -0.3 is 19.5 Å². The SMILES string of the molecule is COc1ccc(C=CC(=O)c2ccc([O-])cc2)cc1C[NH+]1CCOCC1. The number of carbonyl (C=O) groups excluding carboxylic acids is 1. The maximum Gasteiger partial charge on any atom is 0.185 e. The third-order valence-electron chi connectivity index (χ3n) is 4.51. The summed E-state index contributed by atoms with van der Waals surface area (Å²) in [4.78, 5) is 13.7. The Bertz CT molecular complexity index is 777. The first kappa shape index (κ1) is 18.2. The monoisotopic (exact) mass is 353 g/mol. The Morgan fingerprint density at radius 2 is 1.92 bits per heavy atom. The molecule has 3 rings (SSSR count). The number of rotatable bonds is 6. The standard InChI is InChI=1S/C21H23NO4/c1-25-21-9-3-16(14-18(21)15-22-10-12-26-13-11-22)2-8-20(24)17-4-6-19(23)7-5-17/h2-9,14,23H,10-13,15H2,1H3. The molecule has 5 heteroatoms. The van der Waals surface area contributed by atoms with E-state index in [1.54, 1.807) is 25.3 Å². The number of quaternary nitrogens is 1. The molecule has 0 atom stereocenters. The topological polar surface area (TPSA) is 63.0 Å². The van der Waals surface area contributed by atoms with Crippen LogP contribution < -0.4 is 14.7 Å². The van der Waals surface area contributed by atoms with Gasteiger partial charge >= 0.3 is 0 Å². The largest absolute Gasteiger partial charge is 0.872 e. The lowest BCUT2D eigenvalue weighted by Crippen LogP contribution is -3.12. The van der Waals surface area contributed by atoms with Gasteiger partial charge in [-0.3, -0.25) is 4.79 Å². The zero-order valence-electron chi connectivity index (χ0n) is 14.9. The average molecular weight is 353 g/mol. The van der Waals surface area contributed by atoms with Gasteiger partial charge in [-0.1, -0.05) is 36.4 Å². The number of carbonyl (C=O) groups is 1. The fourth-order valence-corrected chi connectivity index (χ4v) is 3.03. The zero-order valence-corrected chi connectivity index (χ0v) is 14.9. The lowest BCUT2D eigenvalue weighted by molar-refractivity contribution is -0.921. The molecule has 0 aliphatic carbocycles. The molecule has 0 bridgehead atoms. The van der Waals surface area contributed by atoms with Gasteiger partial charge in [-0.05, 0) is 23.8 Å². The molecule has 0 spiro atoms. The molecule has 136 valence electrons. The molecule has 0 saturated carbocycles. The van der Waals surface area contributed by atoms with Gasteiger partial charge in [-0.2, -0.15) is 0 Å². The molecule has 0 unspecified atom stereocenters. The smallest absolute Gasteiger partial charge is 0.185 e. The Morgan fingerprint density at radius 1 is 1.19 bits per heavy atom. The molecular formula is C21H23NO4. The lowest BCUT2D eigenvalue weighted by Gasteiger charge is -2.24. The van der Waals surface area contributed by atoms with Crippen LogP contribution in [0, 0.1) is 0 Å². The van der Waals surface area contributed by atoms with Crippen LogP contribution in [-0.4, -0.2) is 39.2 Å². The highest BCUT2D eigenvalue weighted by molar-refractivity contribution is 6.06. The number of ketones is 1. The van der Waals surface area contributed by atoms with Crippen molar-refractivity contribution in [2.45, 2.75) is 6.54 Å². The van der Waals surface area contributed by atoms with Gasteiger partial charge in [0.25, 0.3) is 0 Å². The third kappa shape index (κ3) is 4.71. The van der Waals surface area contributed by atoms with E-state index in [9.17, 15) is 9.90 Å². The average Bonchev–Trinajstić information content (AvgIpc) is 2.67. The minimum absolute atomic E-state index is 0.101. The molecule has 5 nitrogen and oxygen atoms in total. The Labute approximate surface area is 153 Å². The molecule has 1 heterocycles. The van der Waals surface area contributed by atoms with E-state index in [2.05, 4.69) is 6.07 Å². The summed E-state index contributed by atoms with van der Waals surface area (Å²) in [6.45, 7) is 4.41. The van der Waals surface area contributed by atoms with E-state index in [-0.39, 0.29) is 11.5 Å². The summed E-state index contributed by atoms with van der Waals surface area (Å²) in [6.07, 6.45) is 3.33. The predicted octanol–water partition coefficient (Wildman–Crippen LogP) is 1.08. The highest BCUT2D eigenvalue weighted by atomic mass is 16.5. The van der Waals surface area contributed by atoms with Gasteiger partial charge in [0.15, 0.2) is 5.78 Å². The van der Waals surface area contributed by atoms with Crippen LogP contribution >= 0.6 is 0 Å². The van der Waals surface area contributed by atoms with Crippen LogP contribution in [0.5, 0.6) is 11.5 Å². The van der Waals surface area contributed by atoms with Crippen LogP contribution in [0.3, 0.4) is 0 Å². The Kier molecular flexibility index (Phi) is 6.04. The van der Waals surface area contributed by atoms with Crippen LogP contribution in [0.25, 0.3) is 6.08 Å². The van der Waals surface area contributed by atoms with Crippen molar-refractivity contribution in [3.05, 3.63) is 65.2 Å². The Morgan fingerprint density at radius 3 is 2.62 bits per heavy atom. The van der Waals surface area contributed by atoms with E-state index in [0.29, 0.717) is 5.56 Å². The van der Waals surface area contributed by atoms with Crippen molar-refractivity contribution in [1.29, 1.82) is 0 Å². The number of hydrogen-bond donors (Lipinski definition) is 1. The summed E-state index contributed by atoms with van der Waals surface area (Å²) < 4.78 is 10.9. The lowest BCUT2D eigenvalue weighted by atomic mass is 10.1. The van der Waals surface area contributed by atoms with Gasteiger partial charge in [-0.25, -0.2) is 0 Å². The Balaban J connectivity index is 1.73. The van der Waals surface area contributed by atoms with Crippen LogP contribution in [0.4, 0.5) is 0 Å². The van der Waals surface area contributed by atoms with Crippen LogP contribution in [0.15, 0.2) is 48.5 Å². The first-order chi connectivity index (χ1) is 12.7. The second-order valence-corrected chi connectivity index (χ2v) is 6.33. The summed E-state index contributed by atoms with van der Waals surface area (Å²) in [6, 6.07) is 11.8. The number of nitrogens with one attached hydrogen (secondary N) is 1. The molecular weight excluding hydrogens is 330 g/mol. The molecule has 1 N–H and O–H groups in total. The van der Waals surface area contributed by atoms with Gasteiger partial charge in [0.05, 0.1) is 20.3 Å². The van der Waals surface area contributed by atoms with Gasteiger partial charge in [-0.15, -0.1) is 5.75 Å². The number of benzene rings is 2. The second kappa shape index (κ2) is 8.65. The van der Waals surface area contributed by atoms with Crippen molar-refractivity contribution in [2.24, 2.45) is 0 Å². The van der Waals surface area contributed by atoms with Crippen molar-refractivity contribution in [2.75, 3.05) is 33.4 Å². The molecule has 1 aliphatic rings. The van der Waals surface area contributed by atoms with E-state index in [1.807, 2.05) is 12.1 Å². The number of ether oxygens (including phenoxy) is 2. The van der Waals surface area contributed by atoms with Gasteiger partial charge in [0.1, 0.15) is 25.4 Å². The fourth-order valence-electron chi connectivity index (χ4n) is 3.03. The highest BCUT2D eigenvalue weighted by Gasteiger charge is 2.16. The highest BCUT2D eigenvalue weighted by Crippen LogP contribution is 2.20. The molecule has 0 radical (unpaired) electrons. The van der Waals surface area contributed by atoms with Crippen LogP contribution in [-0.2, 0) is 11.3 Å². The molecule has 26 heavy (non-hydrogen) atoms. The number of methoxy groups -OCH3 is 1. The minimum Gasteiger partial charge on any atom is -0.872 e. The summed E-state index contributed by atoms with van der Waals surface area (Å²) in [7, 11) is 1.67. The summed E-state index contributed by atoms with van der Waals surface area (Å²) in [5.74, 6) is 0.635. The van der Waals surface area contributed by atoms with Crippen molar-refractivity contribution >= 4 is 11.9 Å². The van der Waals surface area contributed by atoms with Gasteiger partial charge in [0.2, 0.25) is 0 Å². The summed E-state index contributed by atoms with van der Waals surface area (Å²) in [5.41, 5.74) is 2.57. The number of morpholine rings is 1. The van der Waals surface area contributed by atoms with E-state index >= 15 is 0 Å². The molecule has 0 amide bonds. The number of hydrogen-bond acceptors (Lipinski definition) is 4. The molecule has 2 aromatic carbocycles. The number of allylic oxidation sites excluding steroid dienone is 1. The normalized spacial score (nSPS) is 15.3. The third-order valence-corrected chi connectivity index (χ3v) is 4.51. The molecule has 0 aromatic heterocycles. The molecule has 1 aliphatic heterocycles. The van der Waals surface area contributed by atoms with E-state index < -0.39 is 0 Å².